The average Bonchev–Trinajstić information content (AvgIpc) is 2.87. The summed E-state index contributed by atoms with van der Waals surface area (Å²) < 4.78 is 17.9. The van der Waals surface area contributed by atoms with E-state index < -0.39 is 0 Å². The predicted octanol–water partition coefficient (Wildman–Crippen LogP) is 4.51. The van der Waals surface area contributed by atoms with E-state index in [0.717, 1.165) is 22.6 Å². The molecular weight excluding hydrogens is 512 g/mol. The summed E-state index contributed by atoms with van der Waals surface area (Å²) in [5.74, 6) is 0.341. The molecule has 1 saturated heterocycles. The van der Waals surface area contributed by atoms with E-state index >= 15 is 0 Å². The summed E-state index contributed by atoms with van der Waals surface area (Å²) in [5, 5.41) is 6.79. The lowest BCUT2D eigenvalue weighted by atomic mass is 9.95. The van der Waals surface area contributed by atoms with Gasteiger partial charge in [0.1, 0.15) is 17.7 Å². The van der Waals surface area contributed by atoms with E-state index in [1.165, 1.54) is 0 Å². The molecule has 10 heteroatoms. The van der Waals surface area contributed by atoms with E-state index in [0.29, 0.717) is 47.7 Å². The first-order chi connectivity index (χ1) is 17.6. The van der Waals surface area contributed by atoms with Gasteiger partial charge in [-0.1, -0.05) is 36.8 Å². The van der Waals surface area contributed by atoms with Gasteiger partial charge < -0.3 is 29.7 Å². The van der Waals surface area contributed by atoms with Crippen LogP contribution in [0.2, 0.25) is 5.02 Å². The Labute approximate surface area is 228 Å². The zero-order valence-electron chi connectivity index (χ0n) is 21.8. The van der Waals surface area contributed by atoms with Gasteiger partial charge >= 0.3 is 0 Å². The van der Waals surface area contributed by atoms with Crippen LogP contribution in [0.1, 0.15) is 26.3 Å². The first-order valence-electron chi connectivity index (χ1n) is 12.2. The van der Waals surface area contributed by atoms with Crippen molar-refractivity contribution in [3.8, 4) is 5.75 Å². The largest absolute Gasteiger partial charge is 0.487 e. The van der Waals surface area contributed by atoms with Gasteiger partial charge in [-0.25, -0.2) is 0 Å². The molecule has 198 valence electrons. The number of benzene rings is 1. The van der Waals surface area contributed by atoms with Gasteiger partial charge in [-0.3, -0.25) is 9.78 Å². The van der Waals surface area contributed by atoms with Crippen LogP contribution in [0.15, 0.2) is 47.9 Å². The molecule has 0 saturated carbocycles. The topological polar surface area (TPSA) is 85.0 Å². The molecule has 0 radical (unpaired) electrons. The zero-order chi connectivity index (χ0) is 26.7. The smallest absolute Gasteiger partial charge is 0.256 e. The Kier molecular flexibility index (Phi) is 8.38. The number of carbonyl (C=O) groups is 1. The molecule has 1 aromatic carbocycles. The Balaban J connectivity index is 1.61. The minimum absolute atomic E-state index is 0.00349. The zero-order valence-corrected chi connectivity index (χ0v) is 23.3. The molecule has 0 spiro atoms. The highest BCUT2D eigenvalue weighted by atomic mass is 35.5. The summed E-state index contributed by atoms with van der Waals surface area (Å²) in [6.07, 6.45) is 3.18. The molecule has 2 aliphatic heterocycles. The molecule has 2 unspecified atom stereocenters. The fourth-order valence-corrected chi connectivity index (χ4v) is 4.82. The molecular formula is C27H33ClN4O4S. The quantitative estimate of drug-likeness (QED) is 0.492. The van der Waals surface area contributed by atoms with Crippen molar-refractivity contribution >= 4 is 46.1 Å². The number of halogens is 1. The molecule has 1 aromatic heterocycles. The van der Waals surface area contributed by atoms with Crippen molar-refractivity contribution in [1.29, 1.82) is 0 Å². The number of amides is 1. The lowest BCUT2D eigenvalue weighted by Gasteiger charge is -2.36. The van der Waals surface area contributed by atoms with Crippen LogP contribution >= 0.6 is 23.8 Å². The molecule has 37 heavy (non-hydrogen) atoms. The summed E-state index contributed by atoms with van der Waals surface area (Å²) in [4.78, 5) is 19.6. The lowest BCUT2D eigenvalue weighted by molar-refractivity contribution is -0.181. The molecule has 3 heterocycles. The van der Waals surface area contributed by atoms with Crippen molar-refractivity contribution < 1.29 is 19.0 Å². The minimum atomic E-state index is -0.299. The summed E-state index contributed by atoms with van der Waals surface area (Å²) in [6.45, 7) is 9.71. The van der Waals surface area contributed by atoms with E-state index in [1.54, 1.807) is 12.4 Å². The van der Waals surface area contributed by atoms with Crippen LogP contribution in [0.5, 0.6) is 5.75 Å². The van der Waals surface area contributed by atoms with Gasteiger partial charge in [-0.2, -0.15) is 0 Å². The average molecular weight is 545 g/mol. The van der Waals surface area contributed by atoms with E-state index in [2.05, 4.69) is 22.5 Å². The Morgan fingerprint density at radius 2 is 2.16 bits per heavy atom. The van der Waals surface area contributed by atoms with Crippen LogP contribution in [0, 0.1) is 12.8 Å². The van der Waals surface area contributed by atoms with E-state index in [1.807, 2.05) is 57.0 Å². The number of hydrogen-bond acceptors (Lipinski definition) is 7. The number of nitrogens with one attached hydrogen (secondary N) is 2. The molecule has 2 aromatic rings. The third kappa shape index (κ3) is 6.23. The lowest BCUT2D eigenvalue weighted by Crippen LogP contribution is -2.45. The number of rotatable bonds is 7. The first-order valence-corrected chi connectivity index (χ1v) is 13.0. The maximum Gasteiger partial charge on any atom is 0.256 e. The number of carbonyl (C=O) groups excluding carboxylic acids is 1. The Morgan fingerprint density at radius 1 is 1.38 bits per heavy atom. The minimum Gasteiger partial charge on any atom is -0.487 e. The van der Waals surface area contributed by atoms with Crippen molar-refractivity contribution in [2.24, 2.45) is 5.92 Å². The molecule has 1 fully saturated rings. The number of ether oxygens (including phenoxy) is 3. The number of pyridine rings is 1. The summed E-state index contributed by atoms with van der Waals surface area (Å²) >= 11 is 12.0. The van der Waals surface area contributed by atoms with E-state index in [4.69, 9.17) is 38.0 Å². The fraction of sp³-hybridized carbons (Fsp3) is 0.444. The molecule has 8 nitrogen and oxygen atoms in total. The number of nitrogens with zero attached hydrogens (tertiary/aromatic N) is 2. The molecule has 4 rings (SSSR count). The molecule has 2 N–H and O–H groups in total. The van der Waals surface area contributed by atoms with Crippen molar-refractivity contribution in [2.45, 2.75) is 39.4 Å². The molecule has 1 amide bonds. The van der Waals surface area contributed by atoms with Crippen molar-refractivity contribution in [1.82, 2.24) is 10.3 Å². The van der Waals surface area contributed by atoms with Gasteiger partial charge in [0.25, 0.3) is 5.91 Å². The maximum absolute atomic E-state index is 13.1. The van der Waals surface area contributed by atoms with Crippen LogP contribution in [0.3, 0.4) is 0 Å². The third-order valence-electron chi connectivity index (χ3n) is 6.50. The number of anilines is 2. The second-order valence-corrected chi connectivity index (χ2v) is 10.8. The standard InChI is InChI=1S/C27H33ClN4O4S/c1-16-11-30-25(33)23(26(37)31-20-8-6-7-19(28)17(20)2)24(16)32(5)21-9-10-29-12-22(21)34-13-18-14-36-27(3,4)15-35-18/h6-10,12,16,18H,11,13-15H2,1-5H3,(H,30,33)(H,31,37). The molecule has 0 aliphatic carbocycles. The van der Waals surface area contributed by atoms with Crippen LogP contribution < -0.4 is 20.3 Å². The summed E-state index contributed by atoms with van der Waals surface area (Å²) in [7, 11) is 1.91. The monoisotopic (exact) mass is 544 g/mol. The predicted molar refractivity (Wildman–Crippen MR) is 150 cm³/mol. The van der Waals surface area contributed by atoms with Crippen molar-refractivity contribution in [3.05, 3.63) is 58.5 Å². The van der Waals surface area contributed by atoms with Crippen LogP contribution in [-0.4, -0.2) is 61.0 Å². The van der Waals surface area contributed by atoms with Gasteiger partial charge in [0, 0.05) is 42.1 Å². The van der Waals surface area contributed by atoms with Gasteiger partial charge in [0.15, 0.2) is 5.75 Å². The normalized spacial score (nSPS) is 21.3. The number of hydrogen-bond donors (Lipinski definition) is 2. The van der Waals surface area contributed by atoms with Crippen LogP contribution in [-0.2, 0) is 14.3 Å². The highest BCUT2D eigenvalue weighted by Crippen LogP contribution is 2.35. The first kappa shape index (κ1) is 27.3. The maximum atomic E-state index is 13.1. The highest BCUT2D eigenvalue weighted by molar-refractivity contribution is 7.81. The van der Waals surface area contributed by atoms with E-state index in [9.17, 15) is 4.79 Å². The Morgan fingerprint density at radius 3 is 2.89 bits per heavy atom. The fourth-order valence-electron chi connectivity index (χ4n) is 4.34. The Hall–Kier alpha value is -2.72. The molecule has 2 atom stereocenters. The molecule has 0 bridgehead atoms. The van der Waals surface area contributed by atoms with Gasteiger partial charge in [-0.05, 0) is 44.5 Å². The number of aromatic nitrogens is 1. The van der Waals surface area contributed by atoms with Gasteiger partial charge in [0.05, 0.1) is 36.3 Å². The van der Waals surface area contributed by atoms with Gasteiger partial charge in [-0.15, -0.1) is 0 Å². The third-order valence-corrected chi connectivity index (χ3v) is 7.21. The van der Waals surface area contributed by atoms with Gasteiger partial charge in [0.2, 0.25) is 0 Å². The van der Waals surface area contributed by atoms with Crippen LogP contribution in [0.25, 0.3) is 0 Å². The van der Waals surface area contributed by atoms with E-state index in [-0.39, 0.29) is 23.5 Å². The molecule has 2 aliphatic rings. The second-order valence-electron chi connectivity index (χ2n) is 9.95. The second kappa shape index (κ2) is 11.3. The Bertz CT molecular complexity index is 1210. The van der Waals surface area contributed by atoms with Crippen LogP contribution in [0.4, 0.5) is 11.4 Å². The number of thiocarbonyl (C=S) groups is 1. The summed E-state index contributed by atoms with van der Waals surface area (Å²) in [6, 6.07) is 7.40. The van der Waals surface area contributed by atoms with Crippen molar-refractivity contribution in [3.63, 3.8) is 0 Å². The summed E-state index contributed by atoms with van der Waals surface area (Å²) in [5.41, 5.74) is 3.27. The SMILES string of the molecule is Cc1c(Cl)cccc1NC(=S)C1=C(N(C)c2ccncc2OCC2COC(C)(C)CO2)C(C)CNC1=O. The highest BCUT2D eigenvalue weighted by Gasteiger charge is 2.33. The van der Waals surface area contributed by atoms with Crippen molar-refractivity contribution in [2.75, 3.05) is 43.6 Å².